The fourth-order valence-corrected chi connectivity index (χ4v) is 1.78. The first-order valence-electron chi connectivity index (χ1n) is 5.83. The van der Waals surface area contributed by atoms with Crippen LogP contribution in [0.25, 0.3) is 22.8 Å². The van der Waals surface area contributed by atoms with E-state index in [4.69, 9.17) is 0 Å². The van der Waals surface area contributed by atoms with E-state index in [-0.39, 0.29) is 5.82 Å². The molecule has 0 unspecified atom stereocenters. The van der Waals surface area contributed by atoms with Gasteiger partial charge in [-0.05, 0) is 30.3 Å². The third-order valence-corrected chi connectivity index (χ3v) is 2.66. The summed E-state index contributed by atoms with van der Waals surface area (Å²) in [6, 6.07) is 13.8. The second kappa shape index (κ2) is 4.94. The van der Waals surface area contributed by atoms with Gasteiger partial charge in [-0.1, -0.05) is 12.1 Å². The Kier molecular flexibility index (Phi) is 2.98. The van der Waals surface area contributed by atoms with Crippen molar-refractivity contribution in [1.82, 2.24) is 15.0 Å². The van der Waals surface area contributed by atoms with Gasteiger partial charge in [0.2, 0.25) is 0 Å². The lowest BCUT2D eigenvalue weighted by molar-refractivity contribution is 0.626. The minimum atomic E-state index is -0.324. The molecule has 0 saturated carbocycles. The molecule has 0 radical (unpaired) electrons. The first-order chi connectivity index (χ1) is 9.33. The highest BCUT2D eigenvalue weighted by Gasteiger charge is 2.05. The van der Waals surface area contributed by atoms with Crippen LogP contribution >= 0.6 is 0 Å². The Labute approximate surface area is 109 Å². The molecule has 0 aliphatic rings. The Balaban J connectivity index is 2.06. The van der Waals surface area contributed by atoms with Crippen LogP contribution in [0.15, 0.2) is 60.9 Å². The van der Waals surface area contributed by atoms with E-state index in [1.54, 1.807) is 12.3 Å². The van der Waals surface area contributed by atoms with Crippen molar-refractivity contribution in [3.8, 4) is 22.8 Å². The predicted molar refractivity (Wildman–Crippen MR) is 70.7 cm³/mol. The molecule has 0 saturated heterocycles. The van der Waals surface area contributed by atoms with Crippen LogP contribution in [0, 0.1) is 5.82 Å². The zero-order valence-corrected chi connectivity index (χ0v) is 9.99. The summed E-state index contributed by atoms with van der Waals surface area (Å²) in [6.07, 6.45) is 3.14. The van der Waals surface area contributed by atoms with Crippen LogP contribution in [0.3, 0.4) is 0 Å². The Morgan fingerprint density at radius 2 is 1.42 bits per heavy atom. The van der Waals surface area contributed by atoms with E-state index in [2.05, 4.69) is 15.0 Å². The Hall–Kier alpha value is -2.62. The van der Waals surface area contributed by atoms with Gasteiger partial charge >= 0.3 is 0 Å². The Bertz CT molecular complexity index is 699. The summed E-state index contributed by atoms with van der Waals surface area (Å²) in [5.41, 5.74) is 2.66. The molecule has 0 spiro atoms. The third kappa shape index (κ3) is 2.47. The van der Waals surface area contributed by atoms with Crippen LogP contribution in [-0.2, 0) is 0 Å². The number of halogens is 1. The lowest BCUT2D eigenvalue weighted by atomic mass is 10.2. The number of aromatic nitrogens is 3. The average molecular weight is 251 g/mol. The molecule has 4 heteroatoms. The van der Waals surface area contributed by atoms with E-state index >= 15 is 0 Å². The highest BCUT2D eigenvalue weighted by molar-refractivity contribution is 5.61. The molecule has 0 aromatic carbocycles. The standard InChI is InChI=1S/C15H10FN3/c16-11-7-9-18-15(10-11)14-6-3-5-13(19-14)12-4-1-2-8-17-12/h1-10H. The molecule has 0 bridgehead atoms. The van der Waals surface area contributed by atoms with Gasteiger partial charge in [0.15, 0.2) is 0 Å². The summed E-state index contributed by atoms with van der Waals surface area (Å²) in [5, 5.41) is 0. The van der Waals surface area contributed by atoms with Crippen LogP contribution in [-0.4, -0.2) is 15.0 Å². The highest BCUT2D eigenvalue weighted by Crippen LogP contribution is 2.20. The largest absolute Gasteiger partial charge is 0.255 e. The lowest BCUT2D eigenvalue weighted by Gasteiger charge is -2.03. The zero-order chi connectivity index (χ0) is 13.1. The average Bonchev–Trinajstić information content (AvgIpc) is 2.48. The maximum Gasteiger partial charge on any atom is 0.126 e. The monoisotopic (exact) mass is 251 g/mol. The summed E-state index contributed by atoms with van der Waals surface area (Å²) in [6.45, 7) is 0. The zero-order valence-electron chi connectivity index (χ0n) is 9.99. The number of rotatable bonds is 2. The van der Waals surface area contributed by atoms with Crippen molar-refractivity contribution in [2.45, 2.75) is 0 Å². The van der Waals surface area contributed by atoms with Crippen molar-refractivity contribution in [3.05, 3.63) is 66.7 Å². The molecule has 0 atom stereocenters. The SMILES string of the molecule is Fc1ccnc(-c2cccc(-c3ccccn3)n2)c1. The molecule has 0 aliphatic heterocycles. The molecule has 3 rings (SSSR count). The quantitative estimate of drug-likeness (QED) is 0.701. The summed E-state index contributed by atoms with van der Waals surface area (Å²) >= 11 is 0. The highest BCUT2D eigenvalue weighted by atomic mass is 19.1. The first-order valence-corrected chi connectivity index (χ1v) is 5.83. The second-order valence-electron chi connectivity index (χ2n) is 3.98. The number of nitrogens with zero attached hydrogens (tertiary/aromatic N) is 3. The number of hydrogen-bond donors (Lipinski definition) is 0. The van der Waals surface area contributed by atoms with E-state index in [1.165, 1.54) is 18.3 Å². The first kappa shape index (κ1) is 11.5. The van der Waals surface area contributed by atoms with Crippen LogP contribution in [0.1, 0.15) is 0 Å². The molecule has 0 amide bonds. The molecular formula is C15H10FN3. The molecule has 3 aromatic heterocycles. The second-order valence-corrected chi connectivity index (χ2v) is 3.98. The third-order valence-electron chi connectivity index (χ3n) is 2.66. The minimum absolute atomic E-state index is 0.324. The predicted octanol–water partition coefficient (Wildman–Crippen LogP) is 3.34. The fourth-order valence-electron chi connectivity index (χ4n) is 1.78. The van der Waals surface area contributed by atoms with E-state index in [0.29, 0.717) is 11.4 Å². The van der Waals surface area contributed by atoms with E-state index in [0.717, 1.165) is 11.4 Å². The molecule has 19 heavy (non-hydrogen) atoms. The van der Waals surface area contributed by atoms with Crippen LogP contribution in [0.4, 0.5) is 4.39 Å². The number of pyridine rings is 3. The molecule has 0 fully saturated rings. The minimum Gasteiger partial charge on any atom is -0.255 e. The van der Waals surface area contributed by atoms with E-state index < -0.39 is 0 Å². The van der Waals surface area contributed by atoms with Crippen LogP contribution < -0.4 is 0 Å². The smallest absolute Gasteiger partial charge is 0.126 e. The van der Waals surface area contributed by atoms with E-state index in [1.807, 2.05) is 30.3 Å². The topological polar surface area (TPSA) is 38.7 Å². The Morgan fingerprint density at radius 3 is 2.16 bits per heavy atom. The van der Waals surface area contributed by atoms with Gasteiger partial charge < -0.3 is 0 Å². The van der Waals surface area contributed by atoms with Gasteiger partial charge in [-0.3, -0.25) is 9.97 Å². The van der Waals surface area contributed by atoms with Gasteiger partial charge in [-0.25, -0.2) is 9.37 Å². The molecule has 92 valence electrons. The summed E-state index contributed by atoms with van der Waals surface area (Å²) < 4.78 is 13.2. The van der Waals surface area contributed by atoms with Crippen molar-refractivity contribution < 1.29 is 4.39 Å². The van der Waals surface area contributed by atoms with Gasteiger partial charge in [0, 0.05) is 18.5 Å². The van der Waals surface area contributed by atoms with Gasteiger partial charge in [-0.2, -0.15) is 0 Å². The normalized spacial score (nSPS) is 10.4. The fraction of sp³-hybridized carbons (Fsp3) is 0. The maximum atomic E-state index is 13.2. The van der Waals surface area contributed by atoms with Crippen LogP contribution in [0.5, 0.6) is 0 Å². The molecular weight excluding hydrogens is 241 g/mol. The van der Waals surface area contributed by atoms with Gasteiger partial charge in [-0.15, -0.1) is 0 Å². The lowest BCUT2D eigenvalue weighted by Crippen LogP contribution is -1.92. The van der Waals surface area contributed by atoms with Crippen molar-refractivity contribution >= 4 is 0 Å². The molecule has 3 heterocycles. The van der Waals surface area contributed by atoms with Gasteiger partial charge in [0.1, 0.15) is 5.82 Å². The van der Waals surface area contributed by atoms with Crippen LogP contribution in [0.2, 0.25) is 0 Å². The summed E-state index contributed by atoms with van der Waals surface area (Å²) in [4.78, 5) is 12.8. The summed E-state index contributed by atoms with van der Waals surface area (Å²) in [7, 11) is 0. The van der Waals surface area contributed by atoms with Crippen molar-refractivity contribution in [2.24, 2.45) is 0 Å². The number of hydrogen-bond acceptors (Lipinski definition) is 3. The van der Waals surface area contributed by atoms with E-state index in [9.17, 15) is 4.39 Å². The van der Waals surface area contributed by atoms with Crippen molar-refractivity contribution in [3.63, 3.8) is 0 Å². The summed E-state index contributed by atoms with van der Waals surface area (Å²) in [5.74, 6) is -0.324. The maximum absolute atomic E-state index is 13.2. The van der Waals surface area contributed by atoms with Gasteiger partial charge in [0.05, 0.1) is 22.8 Å². The molecule has 0 N–H and O–H groups in total. The van der Waals surface area contributed by atoms with Gasteiger partial charge in [0.25, 0.3) is 0 Å². The molecule has 3 nitrogen and oxygen atoms in total. The molecule has 3 aromatic rings. The van der Waals surface area contributed by atoms with Crippen molar-refractivity contribution in [1.29, 1.82) is 0 Å². The Morgan fingerprint density at radius 1 is 0.684 bits per heavy atom. The van der Waals surface area contributed by atoms with Crippen molar-refractivity contribution in [2.75, 3.05) is 0 Å². The molecule has 0 aliphatic carbocycles.